The Hall–Kier alpha value is -2.41. The first-order chi connectivity index (χ1) is 8.95. The van der Waals surface area contributed by atoms with Crippen molar-refractivity contribution < 1.29 is 4.79 Å². The standard InChI is InChI=1S/C15H15N3O/c1-15(2,3)18-9-13(10-19)14(17-18)12-6-4-5-11(7-12)8-16/h4-7,9-10H,1-3H3. The number of nitrogens with zero attached hydrogens (tertiary/aromatic N) is 3. The number of carbonyl (C=O) groups is 1. The molecule has 0 aliphatic carbocycles. The molecule has 2 rings (SSSR count). The van der Waals surface area contributed by atoms with Gasteiger partial charge in [0.25, 0.3) is 0 Å². The maximum atomic E-state index is 11.2. The van der Waals surface area contributed by atoms with Crippen molar-refractivity contribution in [1.29, 1.82) is 5.26 Å². The zero-order chi connectivity index (χ0) is 14.0. The van der Waals surface area contributed by atoms with E-state index in [2.05, 4.69) is 11.2 Å². The van der Waals surface area contributed by atoms with E-state index in [4.69, 9.17) is 5.26 Å². The Labute approximate surface area is 112 Å². The minimum atomic E-state index is -0.192. The van der Waals surface area contributed by atoms with Crippen LogP contribution in [0, 0.1) is 11.3 Å². The smallest absolute Gasteiger partial charge is 0.153 e. The van der Waals surface area contributed by atoms with Crippen LogP contribution in [0.3, 0.4) is 0 Å². The van der Waals surface area contributed by atoms with Gasteiger partial charge in [-0.15, -0.1) is 0 Å². The van der Waals surface area contributed by atoms with E-state index in [1.165, 1.54) is 0 Å². The van der Waals surface area contributed by atoms with E-state index in [1.54, 1.807) is 29.1 Å². The molecule has 0 aliphatic rings. The summed E-state index contributed by atoms with van der Waals surface area (Å²) in [6.45, 7) is 6.05. The highest BCUT2D eigenvalue weighted by molar-refractivity contribution is 5.85. The van der Waals surface area contributed by atoms with Gasteiger partial charge in [-0.1, -0.05) is 12.1 Å². The summed E-state index contributed by atoms with van der Waals surface area (Å²) in [5.74, 6) is 0. The molecule has 0 unspecified atom stereocenters. The number of hydrogen-bond donors (Lipinski definition) is 0. The summed E-state index contributed by atoms with van der Waals surface area (Å²) in [6.07, 6.45) is 2.53. The zero-order valence-corrected chi connectivity index (χ0v) is 11.2. The van der Waals surface area contributed by atoms with Crippen LogP contribution < -0.4 is 0 Å². The van der Waals surface area contributed by atoms with E-state index in [1.807, 2.05) is 26.8 Å². The fourth-order valence-corrected chi connectivity index (χ4v) is 1.78. The molecule has 0 bridgehead atoms. The maximum absolute atomic E-state index is 11.2. The van der Waals surface area contributed by atoms with Gasteiger partial charge in [-0.05, 0) is 32.9 Å². The Kier molecular flexibility index (Phi) is 3.22. The Morgan fingerprint density at radius 3 is 2.68 bits per heavy atom. The van der Waals surface area contributed by atoms with Crippen LogP contribution in [-0.4, -0.2) is 16.1 Å². The number of rotatable bonds is 2. The van der Waals surface area contributed by atoms with Gasteiger partial charge in [0.2, 0.25) is 0 Å². The molecule has 2 aromatic rings. The normalized spacial score (nSPS) is 11.1. The number of aldehydes is 1. The topological polar surface area (TPSA) is 58.7 Å². The fraction of sp³-hybridized carbons (Fsp3) is 0.267. The number of carbonyl (C=O) groups excluding carboxylic acids is 1. The summed E-state index contributed by atoms with van der Waals surface area (Å²) in [5, 5.41) is 13.4. The van der Waals surface area contributed by atoms with E-state index >= 15 is 0 Å². The lowest BCUT2D eigenvalue weighted by Gasteiger charge is -2.18. The molecule has 0 N–H and O–H groups in total. The van der Waals surface area contributed by atoms with Crippen molar-refractivity contribution in [2.75, 3.05) is 0 Å². The second kappa shape index (κ2) is 4.69. The molecule has 0 amide bonds. The first kappa shape index (κ1) is 13.0. The van der Waals surface area contributed by atoms with Crippen LogP contribution in [0.25, 0.3) is 11.3 Å². The molecule has 0 spiro atoms. The lowest BCUT2D eigenvalue weighted by atomic mass is 10.1. The highest BCUT2D eigenvalue weighted by Crippen LogP contribution is 2.24. The van der Waals surface area contributed by atoms with Crippen molar-refractivity contribution in [2.45, 2.75) is 26.3 Å². The lowest BCUT2D eigenvalue weighted by molar-refractivity contribution is 0.112. The van der Waals surface area contributed by atoms with E-state index in [-0.39, 0.29) is 5.54 Å². The van der Waals surface area contributed by atoms with Gasteiger partial charge in [-0.25, -0.2) is 0 Å². The molecule has 0 aliphatic heterocycles. The van der Waals surface area contributed by atoms with Crippen molar-refractivity contribution in [2.24, 2.45) is 0 Å². The van der Waals surface area contributed by atoms with Gasteiger partial charge in [0, 0.05) is 11.8 Å². The largest absolute Gasteiger partial charge is 0.298 e. The average Bonchev–Trinajstić information content (AvgIpc) is 2.83. The molecule has 96 valence electrons. The summed E-state index contributed by atoms with van der Waals surface area (Å²) in [5.41, 5.74) is 2.29. The van der Waals surface area contributed by atoms with E-state index in [0.717, 1.165) is 11.8 Å². The molecule has 0 radical (unpaired) electrons. The number of aromatic nitrogens is 2. The van der Waals surface area contributed by atoms with Gasteiger partial charge in [-0.2, -0.15) is 10.4 Å². The van der Waals surface area contributed by atoms with Crippen LogP contribution in [0.4, 0.5) is 0 Å². The third-order valence-electron chi connectivity index (χ3n) is 2.82. The Balaban J connectivity index is 2.58. The Morgan fingerprint density at radius 1 is 1.37 bits per heavy atom. The number of hydrogen-bond acceptors (Lipinski definition) is 3. The highest BCUT2D eigenvalue weighted by atomic mass is 16.1. The summed E-state index contributed by atoms with van der Waals surface area (Å²) in [4.78, 5) is 11.2. The van der Waals surface area contributed by atoms with Gasteiger partial charge >= 0.3 is 0 Å². The molecule has 4 nitrogen and oxygen atoms in total. The summed E-state index contributed by atoms with van der Waals surface area (Å²) < 4.78 is 1.77. The number of benzene rings is 1. The molecular weight excluding hydrogens is 238 g/mol. The van der Waals surface area contributed by atoms with E-state index < -0.39 is 0 Å². The minimum Gasteiger partial charge on any atom is -0.298 e. The molecule has 0 atom stereocenters. The van der Waals surface area contributed by atoms with Gasteiger partial charge in [0.1, 0.15) is 5.69 Å². The van der Waals surface area contributed by atoms with Crippen LogP contribution >= 0.6 is 0 Å². The van der Waals surface area contributed by atoms with E-state index in [0.29, 0.717) is 16.8 Å². The Morgan fingerprint density at radius 2 is 2.11 bits per heavy atom. The maximum Gasteiger partial charge on any atom is 0.153 e. The van der Waals surface area contributed by atoms with Crippen LogP contribution in [0.1, 0.15) is 36.7 Å². The molecular formula is C15H15N3O. The predicted molar refractivity (Wildman–Crippen MR) is 72.8 cm³/mol. The molecule has 0 saturated carbocycles. The molecule has 1 aromatic carbocycles. The van der Waals surface area contributed by atoms with Crippen molar-refractivity contribution in [1.82, 2.24) is 9.78 Å². The van der Waals surface area contributed by atoms with Crippen molar-refractivity contribution in [3.05, 3.63) is 41.6 Å². The Bertz CT molecular complexity index is 657. The van der Waals surface area contributed by atoms with Crippen LogP contribution in [0.2, 0.25) is 0 Å². The zero-order valence-electron chi connectivity index (χ0n) is 11.2. The summed E-state index contributed by atoms with van der Waals surface area (Å²) >= 11 is 0. The van der Waals surface area contributed by atoms with Crippen molar-refractivity contribution in [3.63, 3.8) is 0 Å². The number of nitriles is 1. The molecule has 19 heavy (non-hydrogen) atoms. The molecule has 0 fully saturated rings. The third-order valence-corrected chi connectivity index (χ3v) is 2.82. The minimum absolute atomic E-state index is 0.192. The second-order valence-corrected chi connectivity index (χ2v) is 5.36. The van der Waals surface area contributed by atoms with E-state index in [9.17, 15) is 4.79 Å². The summed E-state index contributed by atoms with van der Waals surface area (Å²) in [6, 6.07) is 9.19. The van der Waals surface area contributed by atoms with Crippen molar-refractivity contribution >= 4 is 6.29 Å². The summed E-state index contributed by atoms with van der Waals surface area (Å²) in [7, 11) is 0. The van der Waals surface area contributed by atoms with Crippen molar-refractivity contribution in [3.8, 4) is 17.3 Å². The first-order valence-corrected chi connectivity index (χ1v) is 6.01. The first-order valence-electron chi connectivity index (χ1n) is 6.01. The van der Waals surface area contributed by atoms with Gasteiger partial charge in [-0.3, -0.25) is 9.48 Å². The third kappa shape index (κ3) is 2.55. The van der Waals surface area contributed by atoms with Crippen LogP contribution in [0.5, 0.6) is 0 Å². The predicted octanol–water partition coefficient (Wildman–Crippen LogP) is 2.99. The molecule has 4 heteroatoms. The lowest BCUT2D eigenvalue weighted by Crippen LogP contribution is -2.22. The second-order valence-electron chi connectivity index (χ2n) is 5.36. The average molecular weight is 253 g/mol. The monoisotopic (exact) mass is 253 g/mol. The van der Waals surface area contributed by atoms with Gasteiger partial charge in [0.15, 0.2) is 6.29 Å². The SMILES string of the molecule is CC(C)(C)n1cc(C=O)c(-c2cccc(C#N)c2)n1. The van der Waals surface area contributed by atoms with Gasteiger partial charge in [0.05, 0.1) is 22.7 Å². The highest BCUT2D eigenvalue weighted by Gasteiger charge is 2.18. The van der Waals surface area contributed by atoms with Gasteiger partial charge < -0.3 is 0 Å². The molecule has 1 heterocycles. The fourth-order valence-electron chi connectivity index (χ4n) is 1.78. The van der Waals surface area contributed by atoms with Crippen LogP contribution in [0.15, 0.2) is 30.5 Å². The quantitative estimate of drug-likeness (QED) is 0.773. The molecule has 1 aromatic heterocycles. The van der Waals surface area contributed by atoms with Crippen LogP contribution in [-0.2, 0) is 5.54 Å². The molecule has 0 saturated heterocycles.